The molecule has 194 valence electrons. The second kappa shape index (κ2) is 12.5. The van der Waals surface area contributed by atoms with Gasteiger partial charge in [0.05, 0.1) is 32.1 Å². The number of morpholine rings is 1. The van der Waals surface area contributed by atoms with Gasteiger partial charge in [-0.25, -0.2) is 14.4 Å². The maximum absolute atomic E-state index is 14.9. The van der Waals surface area contributed by atoms with Crippen molar-refractivity contribution in [1.29, 1.82) is 5.41 Å². The predicted molar refractivity (Wildman–Crippen MR) is 132 cm³/mol. The molecule has 2 heterocycles. The monoisotopic (exact) mass is 505 g/mol. The van der Waals surface area contributed by atoms with Gasteiger partial charge in [-0.2, -0.15) is 8.78 Å². The van der Waals surface area contributed by atoms with Crippen molar-refractivity contribution in [2.75, 3.05) is 39.5 Å². The first-order valence-corrected chi connectivity index (χ1v) is 11.3. The summed E-state index contributed by atoms with van der Waals surface area (Å²) in [6.45, 7) is 6.27. The zero-order chi connectivity index (χ0) is 26.1. The highest BCUT2D eigenvalue weighted by molar-refractivity contribution is 6.12. The molecule has 3 rings (SSSR count). The van der Waals surface area contributed by atoms with Crippen LogP contribution in [0.4, 0.5) is 13.2 Å². The van der Waals surface area contributed by atoms with Crippen LogP contribution in [0.3, 0.4) is 0 Å². The predicted octanol–water partition coefficient (Wildman–Crippen LogP) is 2.74. The molecule has 9 nitrogen and oxygen atoms in total. The van der Waals surface area contributed by atoms with E-state index in [1.165, 1.54) is 6.08 Å². The van der Waals surface area contributed by atoms with E-state index in [-0.39, 0.29) is 24.0 Å². The molecule has 2 aromatic rings. The van der Waals surface area contributed by atoms with E-state index in [0.717, 1.165) is 49.5 Å². The molecule has 0 spiro atoms. The van der Waals surface area contributed by atoms with E-state index in [0.29, 0.717) is 25.5 Å². The van der Waals surface area contributed by atoms with E-state index in [4.69, 9.17) is 26.4 Å². The van der Waals surface area contributed by atoms with Gasteiger partial charge in [0.1, 0.15) is 11.7 Å². The topological polar surface area (TPSA) is 138 Å². The molecule has 0 saturated carbocycles. The van der Waals surface area contributed by atoms with Crippen LogP contribution in [0.15, 0.2) is 58.3 Å². The van der Waals surface area contributed by atoms with Crippen LogP contribution < -0.4 is 11.5 Å². The minimum Gasteiger partial charge on any atom is -0.402 e. The Labute approximate surface area is 207 Å². The van der Waals surface area contributed by atoms with Crippen LogP contribution in [0.2, 0.25) is 0 Å². The fraction of sp³-hybridized carbons (Fsp3) is 0.375. The molecule has 0 aliphatic carbocycles. The van der Waals surface area contributed by atoms with Crippen molar-refractivity contribution in [3.05, 3.63) is 70.9 Å². The van der Waals surface area contributed by atoms with Gasteiger partial charge < -0.3 is 25.9 Å². The van der Waals surface area contributed by atoms with Crippen molar-refractivity contribution < 1.29 is 22.6 Å². The lowest BCUT2D eigenvalue weighted by atomic mass is 10.1. The third-order valence-electron chi connectivity index (χ3n) is 5.25. The summed E-state index contributed by atoms with van der Waals surface area (Å²) in [6.07, 6.45) is 2.89. The lowest BCUT2D eigenvalue weighted by Crippen LogP contribution is -2.38. The first kappa shape index (κ1) is 27.1. The van der Waals surface area contributed by atoms with Gasteiger partial charge >= 0.3 is 5.92 Å². The quantitative estimate of drug-likeness (QED) is 0.236. The zero-order valence-electron chi connectivity index (χ0n) is 19.9. The average molecular weight is 506 g/mol. The van der Waals surface area contributed by atoms with Crippen LogP contribution in [0, 0.1) is 11.2 Å². The van der Waals surface area contributed by atoms with Crippen molar-refractivity contribution in [3.63, 3.8) is 0 Å². The SMILES string of the molecule is C/C(N)=C/C(=N)N=C(N=C(N)C(F)(F)c1ccc(F)cc1)c1cc(COCCN2CCOCC2)c[nH]1. The second-order valence-corrected chi connectivity index (χ2v) is 8.22. The Morgan fingerprint density at radius 1 is 1.22 bits per heavy atom. The normalized spacial score (nSPS) is 16.4. The molecule has 6 N–H and O–H groups in total. The van der Waals surface area contributed by atoms with E-state index in [1.54, 1.807) is 19.2 Å². The number of alkyl halides is 2. The number of nitrogens with two attached hydrogens (primary N) is 2. The molecule has 0 bridgehead atoms. The number of ether oxygens (including phenoxy) is 2. The number of rotatable bonds is 9. The molecule has 0 atom stereocenters. The number of benzene rings is 1. The second-order valence-electron chi connectivity index (χ2n) is 8.22. The standard InChI is InChI=1S/C24H30F3N7O2/c1-16(28)12-21(29)32-22(33-23(30)24(26,27)18-2-4-19(25)5-3-18)20-13-17(14-31-20)15-36-11-8-34-6-9-35-10-7-34/h2-5,12-14,31H,6-11,15,28H2,1H3,(H3,29,30,32,33)/b16-12-. The zero-order valence-corrected chi connectivity index (χ0v) is 19.9. The molecule has 1 aromatic carbocycles. The van der Waals surface area contributed by atoms with E-state index in [2.05, 4.69) is 19.9 Å². The molecule has 36 heavy (non-hydrogen) atoms. The summed E-state index contributed by atoms with van der Waals surface area (Å²) < 4.78 is 54.0. The lowest BCUT2D eigenvalue weighted by Gasteiger charge is -2.26. The highest BCUT2D eigenvalue weighted by atomic mass is 19.3. The van der Waals surface area contributed by atoms with Crippen LogP contribution >= 0.6 is 0 Å². The van der Waals surface area contributed by atoms with Crippen molar-refractivity contribution in [2.24, 2.45) is 21.5 Å². The Hall–Kier alpha value is -3.48. The number of nitrogens with one attached hydrogen (secondary N) is 2. The van der Waals surface area contributed by atoms with Crippen molar-refractivity contribution in [1.82, 2.24) is 9.88 Å². The smallest absolute Gasteiger partial charge is 0.329 e. The van der Waals surface area contributed by atoms with Crippen LogP contribution in [0.5, 0.6) is 0 Å². The number of H-pyrrole nitrogens is 1. The van der Waals surface area contributed by atoms with Gasteiger partial charge in [-0.3, -0.25) is 10.3 Å². The number of amidine groups is 3. The molecular formula is C24H30F3N7O2. The molecular weight excluding hydrogens is 475 g/mol. The summed E-state index contributed by atoms with van der Waals surface area (Å²) in [6, 6.07) is 5.31. The van der Waals surface area contributed by atoms with Crippen LogP contribution in [0.25, 0.3) is 0 Å². The van der Waals surface area contributed by atoms with Gasteiger partial charge in [0.15, 0.2) is 11.7 Å². The van der Waals surface area contributed by atoms with Gasteiger partial charge in [0.25, 0.3) is 0 Å². The first-order valence-electron chi connectivity index (χ1n) is 11.3. The number of halogens is 3. The Morgan fingerprint density at radius 2 is 1.92 bits per heavy atom. The molecule has 12 heteroatoms. The molecule has 1 aliphatic heterocycles. The van der Waals surface area contributed by atoms with Gasteiger partial charge in [-0.05, 0) is 42.8 Å². The minimum atomic E-state index is -3.70. The molecule has 0 radical (unpaired) electrons. The summed E-state index contributed by atoms with van der Waals surface area (Å²) in [5.41, 5.74) is 12.0. The molecule has 0 amide bonds. The van der Waals surface area contributed by atoms with Crippen molar-refractivity contribution in [3.8, 4) is 0 Å². The van der Waals surface area contributed by atoms with Crippen LogP contribution in [0.1, 0.15) is 23.7 Å². The summed E-state index contributed by atoms with van der Waals surface area (Å²) >= 11 is 0. The first-order chi connectivity index (χ1) is 17.1. The van der Waals surface area contributed by atoms with Crippen LogP contribution in [-0.2, 0) is 22.0 Å². The summed E-state index contributed by atoms with van der Waals surface area (Å²) in [4.78, 5) is 13.0. The fourth-order valence-electron chi connectivity index (χ4n) is 3.36. The molecule has 1 aliphatic rings. The number of aromatic amines is 1. The maximum atomic E-state index is 14.9. The Bertz CT molecular complexity index is 1120. The summed E-state index contributed by atoms with van der Waals surface area (Å²) in [5, 5.41) is 7.99. The molecule has 1 aromatic heterocycles. The van der Waals surface area contributed by atoms with Gasteiger partial charge in [-0.1, -0.05) is 0 Å². The van der Waals surface area contributed by atoms with Crippen molar-refractivity contribution in [2.45, 2.75) is 19.5 Å². The maximum Gasteiger partial charge on any atom is 0.329 e. The number of aliphatic imine (C=N–C) groups is 2. The van der Waals surface area contributed by atoms with Gasteiger partial charge in [-0.15, -0.1) is 0 Å². The number of hydrogen-bond donors (Lipinski definition) is 4. The molecule has 1 saturated heterocycles. The minimum absolute atomic E-state index is 0.239. The van der Waals surface area contributed by atoms with E-state index < -0.39 is 23.1 Å². The third kappa shape index (κ3) is 7.77. The largest absolute Gasteiger partial charge is 0.402 e. The lowest BCUT2D eigenvalue weighted by molar-refractivity contribution is 0.0180. The number of hydrogen-bond acceptors (Lipinski definition) is 5. The van der Waals surface area contributed by atoms with Gasteiger partial charge in [0, 0.05) is 43.2 Å². The number of aromatic nitrogens is 1. The summed E-state index contributed by atoms with van der Waals surface area (Å²) in [5.74, 6) is -5.96. The Morgan fingerprint density at radius 3 is 2.58 bits per heavy atom. The van der Waals surface area contributed by atoms with E-state index >= 15 is 0 Å². The number of allylic oxidation sites excluding steroid dienone is 1. The van der Waals surface area contributed by atoms with Crippen LogP contribution in [-0.4, -0.2) is 66.8 Å². The van der Waals surface area contributed by atoms with Crippen molar-refractivity contribution >= 4 is 17.5 Å². The van der Waals surface area contributed by atoms with E-state index in [1.807, 2.05) is 0 Å². The summed E-state index contributed by atoms with van der Waals surface area (Å²) in [7, 11) is 0. The highest BCUT2D eigenvalue weighted by Gasteiger charge is 2.37. The molecule has 1 fully saturated rings. The average Bonchev–Trinajstić information content (AvgIpc) is 3.31. The Balaban J connectivity index is 1.77. The Kier molecular flexibility index (Phi) is 9.39. The molecule has 0 unspecified atom stereocenters. The fourth-order valence-corrected chi connectivity index (χ4v) is 3.36. The van der Waals surface area contributed by atoms with Gasteiger partial charge in [0.2, 0.25) is 0 Å². The van der Waals surface area contributed by atoms with E-state index in [9.17, 15) is 13.2 Å². The number of nitrogens with zero attached hydrogens (tertiary/aromatic N) is 3. The third-order valence-corrected chi connectivity index (χ3v) is 5.25. The highest BCUT2D eigenvalue weighted by Crippen LogP contribution is 2.28.